The third kappa shape index (κ3) is 3.68. The van der Waals surface area contributed by atoms with E-state index < -0.39 is 5.41 Å². The largest absolute Gasteiger partial charge is 0.385 e. The van der Waals surface area contributed by atoms with Crippen molar-refractivity contribution >= 4 is 17.5 Å². The molecule has 1 aromatic carbocycles. The molecule has 158 valence electrons. The first-order valence-corrected chi connectivity index (χ1v) is 11.0. The van der Waals surface area contributed by atoms with Crippen LogP contribution in [0.2, 0.25) is 0 Å². The van der Waals surface area contributed by atoms with Crippen LogP contribution >= 0.6 is 0 Å². The van der Waals surface area contributed by atoms with Crippen molar-refractivity contribution in [3.63, 3.8) is 0 Å². The van der Waals surface area contributed by atoms with Gasteiger partial charge in [0.1, 0.15) is 0 Å². The smallest absolute Gasteiger partial charge is 0.253 e. The van der Waals surface area contributed by atoms with Crippen LogP contribution in [0.4, 0.5) is 5.69 Å². The van der Waals surface area contributed by atoms with Crippen LogP contribution in [-0.4, -0.2) is 75.1 Å². The van der Waals surface area contributed by atoms with Gasteiger partial charge in [0.05, 0.1) is 5.41 Å². The Morgan fingerprint density at radius 1 is 1.10 bits per heavy atom. The maximum atomic E-state index is 13.3. The van der Waals surface area contributed by atoms with E-state index in [1.807, 2.05) is 30.1 Å². The highest BCUT2D eigenvalue weighted by Crippen LogP contribution is 2.47. The van der Waals surface area contributed by atoms with E-state index in [1.165, 1.54) is 6.42 Å². The number of carbonyl (C=O) groups is 2. The number of anilines is 1. The van der Waals surface area contributed by atoms with E-state index in [4.69, 9.17) is 4.74 Å². The number of hydrogen-bond donors (Lipinski definition) is 0. The van der Waals surface area contributed by atoms with Crippen LogP contribution in [0.25, 0.3) is 0 Å². The van der Waals surface area contributed by atoms with Crippen molar-refractivity contribution in [3.05, 3.63) is 29.3 Å². The Kier molecular flexibility index (Phi) is 5.93. The Bertz CT molecular complexity index is 765. The molecule has 0 unspecified atom stereocenters. The topological polar surface area (TPSA) is 53.1 Å². The number of ether oxygens (including phenoxy) is 1. The fourth-order valence-corrected chi connectivity index (χ4v) is 5.24. The van der Waals surface area contributed by atoms with Gasteiger partial charge in [-0.15, -0.1) is 0 Å². The quantitative estimate of drug-likeness (QED) is 0.715. The molecule has 0 N–H and O–H groups in total. The Morgan fingerprint density at radius 2 is 1.83 bits per heavy atom. The first-order valence-electron chi connectivity index (χ1n) is 11.0. The summed E-state index contributed by atoms with van der Waals surface area (Å²) in [6, 6.07) is 5.90. The number of nitrogens with zero attached hydrogens (tertiary/aromatic N) is 3. The Morgan fingerprint density at radius 3 is 2.52 bits per heavy atom. The van der Waals surface area contributed by atoms with Crippen molar-refractivity contribution in [2.24, 2.45) is 0 Å². The van der Waals surface area contributed by atoms with Crippen molar-refractivity contribution in [1.82, 2.24) is 9.80 Å². The van der Waals surface area contributed by atoms with Gasteiger partial charge in [0.15, 0.2) is 0 Å². The van der Waals surface area contributed by atoms with E-state index in [0.717, 1.165) is 88.2 Å². The molecule has 0 saturated carbocycles. The lowest BCUT2D eigenvalue weighted by Gasteiger charge is -2.38. The van der Waals surface area contributed by atoms with Gasteiger partial charge in [0.25, 0.3) is 5.91 Å². The second-order valence-electron chi connectivity index (χ2n) is 8.72. The van der Waals surface area contributed by atoms with Crippen molar-refractivity contribution in [2.45, 2.75) is 43.9 Å². The van der Waals surface area contributed by atoms with Crippen molar-refractivity contribution in [1.29, 1.82) is 0 Å². The minimum Gasteiger partial charge on any atom is -0.385 e. The first kappa shape index (κ1) is 20.4. The van der Waals surface area contributed by atoms with E-state index in [2.05, 4.69) is 4.90 Å². The molecule has 0 radical (unpaired) electrons. The summed E-state index contributed by atoms with van der Waals surface area (Å²) in [6.45, 7) is 5.29. The molecule has 3 heterocycles. The number of fused-ring (bicyclic) bond motifs is 2. The normalized spacial score (nSPS) is 21.7. The maximum absolute atomic E-state index is 13.3. The number of carbonyl (C=O) groups excluding carboxylic acids is 2. The summed E-state index contributed by atoms with van der Waals surface area (Å²) in [4.78, 5) is 32.5. The molecule has 29 heavy (non-hydrogen) atoms. The number of piperidine rings is 2. The standard InChI is InChI=1S/C23H33N3O3/c1-24-20-8-7-18(21(27)26-12-4-3-5-13-26)17-19(20)23(22(24)28)9-14-25(15-10-23)11-6-16-29-2/h7-8,17H,3-6,9-16H2,1-2H3. The van der Waals surface area contributed by atoms with Crippen LogP contribution in [0, 0.1) is 0 Å². The summed E-state index contributed by atoms with van der Waals surface area (Å²) in [5.74, 6) is 0.299. The molecular weight excluding hydrogens is 366 g/mol. The Hall–Kier alpha value is -1.92. The van der Waals surface area contributed by atoms with E-state index in [9.17, 15) is 9.59 Å². The van der Waals surface area contributed by atoms with Gasteiger partial charge in [0, 0.05) is 51.6 Å². The summed E-state index contributed by atoms with van der Waals surface area (Å²) < 4.78 is 5.17. The zero-order valence-corrected chi connectivity index (χ0v) is 17.8. The molecule has 1 aromatic rings. The predicted octanol–water partition coefficient (Wildman–Crippen LogP) is 2.66. The zero-order valence-electron chi connectivity index (χ0n) is 17.8. The number of likely N-dealkylation sites (tertiary alicyclic amines) is 2. The molecule has 0 aliphatic carbocycles. The number of methoxy groups -OCH3 is 1. The average Bonchev–Trinajstić information content (AvgIpc) is 2.97. The number of likely N-dealkylation sites (N-methyl/N-ethyl adjacent to an activating group) is 1. The van der Waals surface area contributed by atoms with E-state index in [1.54, 1.807) is 12.0 Å². The third-order valence-electron chi connectivity index (χ3n) is 7.01. The summed E-state index contributed by atoms with van der Waals surface area (Å²) in [5, 5.41) is 0. The first-order chi connectivity index (χ1) is 14.1. The molecule has 0 atom stereocenters. The van der Waals surface area contributed by atoms with Gasteiger partial charge in [-0.1, -0.05) is 0 Å². The molecule has 0 aromatic heterocycles. The van der Waals surface area contributed by atoms with Gasteiger partial charge in [-0.25, -0.2) is 0 Å². The average molecular weight is 400 g/mol. The van der Waals surface area contributed by atoms with Crippen LogP contribution in [-0.2, 0) is 14.9 Å². The molecule has 2 saturated heterocycles. The molecule has 6 heteroatoms. The fourth-order valence-electron chi connectivity index (χ4n) is 5.24. The summed E-state index contributed by atoms with van der Waals surface area (Å²) in [7, 11) is 3.60. The lowest BCUT2D eigenvalue weighted by atomic mass is 9.73. The number of hydrogen-bond acceptors (Lipinski definition) is 4. The van der Waals surface area contributed by atoms with E-state index >= 15 is 0 Å². The number of rotatable bonds is 5. The molecule has 3 aliphatic rings. The molecule has 2 amide bonds. The lowest BCUT2D eigenvalue weighted by Crippen LogP contribution is -2.48. The Labute approximate surface area is 173 Å². The molecule has 6 nitrogen and oxygen atoms in total. The van der Waals surface area contributed by atoms with E-state index in [0.29, 0.717) is 0 Å². The fraction of sp³-hybridized carbons (Fsp3) is 0.652. The van der Waals surface area contributed by atoms with Gasteiger partial charge >= 0.3 is 0 Å². The van der Waals surface area contributed by atoms with Crippen LogP contribution < -0.4 is 4.90 Å². The van der Waals surface area contributed by atoms with Gasteiger partial charge in [-0.05, 0) is 75.4 Å². The maximum Gasteiger partial charge on any atom is 0.253 e. The summed E-state index contributed by atoms with van der Waals surface area (Å²) >= 11 is 0. The van der Waals surface area contributed by atoms with Gasteiger partial charge < -0.3 is 19.4 Å². The highest BCUT2D eigenvalue weighted by molar-refractivity contribution is 6.09. The number of benzene rings is 1. The monoisotopic (exact) mass is 399 g/mol. The molecule has 1 spiro atoms. The van der Waals surface area contributed by atoms with Gasteiger partial charge in [-0.2, -0.15) is 0 Å². The van der Waals surface area contributed by atoms with Crippen LogP contribution in [0.5, 0.6) is 0 Å². The highest BCUT2D eigenvalue weighted by atomic mass is 16.5. The van der Waals surface area contributed by atoms with Crippen LogP contribution in [0.1, 0.15) is 54.4 Å². The van der Waals surface area contributed by atoms with Crippen LogP contribution in [0.3, 0.4) is 0 Å². The third-order valence-corrected chi connectivity index (χ3v) is 7.01. The zero-order chi connectivity index (χ0) is 20.4. The minimum atomic E-state index is -0.472. The van der Waals surface area contributed by atoms with Crippen LogP contribution in [0.15, 0.2) is 18.2 Å². The van der Waals surface area contributed by atoms with Gasteiger partial charge in [-0.3, -0.25) is 9.59 Å². The minimum absolute atomic E-state index is 0.113. The Balaban J connectivity index is 1.55. The summed E-state index contributed by atoms with van der Waals surface area (Å²) in [5.41, 5.74) is 2.29. The number of amides is 2. The van der Waals surface area contributed by atoms with Crippen molar-refractivity contribution in [2.75, 3.05) is 58.4 Å². The SMILES string of the molecule is COCCCN1CCC2(CC1)C(=O)N(C)c1ccc(C(=O)N3CCCCC3)cc12. The predicted molar refractivity (Wildman–Crippen MR) is 113 cm³/mol. The van der Waals surface area contributed by atoms with Crippen molar-refractivity contribution < 1.29 is 14.3 Å². The second kappa shape index (κ2) is 8.44. The van der Waals surface area contributed by atoms with Gasteiger partial charge in [0.2, 0.25) is 5.91 Å². The second-order valence-corrected chi connectivity index (χ2v) is 8.72. The molecule has 0 bridgehead atoms. The summed E-state index contributed by atoms with van der Waals surface area (Å²) in [6.07, 6.45) is 6.02. The molecule has 3 aliphatic heterocycles. The van der Waals surface area contributed by atoms with E-state index in [-0.39, 0.29) is 11.8 Å². The van der Waals surface area contributed by atoms with Crippen molar-refractivity contribution in [3.8, 4) is 0 Å². The molecular formula is C23H33N3O3. The highest BCUT2D eigenvalue weighted by Gasteiger charge is 2.51. The molecule has 4 rings (SSSR count). The molecule has 2 fully saturated rings. The lowest BCUT2D eigenvalue weighted by molar-refractivity contribution is -0.124.